The second-order valence-corrected chi connectivity index (χ2v) is 20.7. The van der Waals surface area contributed by atoms with Gasteiger partial charge in [0.1, 0.15) is 35.5 Å². The standard InChI is InChI=1S/C49H56F2O7Si/c1-45(2,3)56-59(57-46(4,5)6,58-47(7,8)9)54-28-27-53-36-21-15-32(16-22-36)49(31-13-19-35(52-12)20-14-31)26-25-39-43-42(37-23-17-33(50)29-40(37)44(39)55-49)38-24-18-34(51)30-41(38)48(43,10)11/h13-26,29-30H,27-28H2,1-12H3. The van der Waals surface area contributed by atoms with Gasteiger partial charge in [-0.1, -0.05) is 56.3 Å². The minimum absolute atomic E-state index is 0.162. The summed E-state index contributed by atoms with van der Waals surface area (Å²) in [5.74, 6) is 1.20. The molecule has 7 nitrogen and oxygen atoms in total. The van der Waals surface area contributed by atoms with Crippen LogP contribution >= 0.6 is 0 Å². The predicted molar refractivity (Wildman–Crippen MR) is 231 cm³/mol. The zero-order valence-corrected chi connectivity index (χ0v) is 37.3. The Morgan fingerprint density at radius 2 is 1.19 bits per heavy atom. The fraction of sp³-hybridized carbons (Fsp3) is 0.388. The third-order valence-electron chi connectivity index (χ3n) is 10.3. The van der Waals surface area contributed by atoms with E-state index in [-0.39, 0.29) is 24.8 Å². The molecule has 59 heavy (non-hydrogen) atoms. The van der Waals surface area contributed by atoms with Gasteiger partial charge in [-0.15, -0.1) is 0 Å². The monoisotopic (exact) mass is 822 g/mol. The van der Waals surface area contributed by atoms with Crippen molar-refractivity contribution >= 4 is 25.9 Å². The largest absolute Gasteiger partial charge is 0.681 e. The molecular formula is C49H56F2O7Si. The zero-order chi connectivity index (χ0) is 42.8. The Bertz CT molecular complexity index is 2350. The van der Waals surface area contributed by atoms with Crippen molar-refractivity contribution in [3.05, 3.63) is 130 Å². The minimum atomic E-state index is -3.67. The van der Waals surface area contributed by atoms with Gasteiger partial charge in [0.05, 0.1) is 30.5 Å². The van der Waals surface area contributed by atoms with Crippen LogP contribution in [0.15, 0.2) is 91.0 Å². The summed E-state index contributed by atoms with van der Waals surface area (Å²) >= 11 is 0. The molecule has 0 saturated carbocycles. The zero-order valence-electron chi connectivity index (χ0n) is 36.3. The van der Waals surface area contributed by atoms with E-state index in [1.807, 2.05) is 117 Å². The summed E-state index contributed by atoms with van der Waals surface area (Å²) in [4.78, 5) is 0. The van der Waals surface area contributed by atoms with E-state index in [1.165, 1.54) is 18.2 Å². The molecule has 0 radical (unpaired) electrons. The average molecular weight is 823 g/mol. The number of halogens is 2. The van der Waals surface area contributed by atoms with E-state index in [9.17, 15) is 4.39 Å². The van der Waals surface area contributed by atoms with Crippen LogP contribution in [0.2, 0.25) is 0 Å². The van der Waals surface area contributed by atoms with Gasteiger partial charge in [0.25, 0.3) is 0 Å². The van der Waals surface area contributed by atoms with Crippen LogP contribution in [0.3, 0.4) is 0 Å². The maximum Gasteiger partial charge on any atom is 0.681 e. The SMILES string of the molecule is COc1ccc(C2(c3ccc(OCCO[Si](OC(C)(C)C)(OC(C)(C)C)OC(C)(C)C)cc3)C=Cc3c4c(c5ccc(F)cc5c3O2)-c2ccc(F)cc2C4(C)C)cc1. The van der Waals surface area contributed by atoms with E-state index in [0.29, 0.717) is 22.6 Å². The number of methoxy groups -OCH3 is 1. The van der Waals surface area contributed by atoms with Gasteiger partial charge in [0.15, 0.2) is 5.60 Å². The fourth-order valence-electron chi connectivity index (χ4n) is 8.15. The molecule has 1 heterocycles. The molecule has 7 rings (SSSR count). The van der Waals surface area contributed by atoms with E-state index < -0.39 is 36.9 Å². The highest BCUT2D eigenvalue weighted by atomic mass is 28.4. The molecular weight excluding hydrogens is 767 g/mol. The van der Waals surface area contributed by atoms with Crippen LogP contribution in [0.5, 0.6) is 17.2 Å². The van der Waals surface area contributed by atoms with Crippen LogP contribution < -0.4 is 14.2 Å². The summed E-state index contributed by atoms with van der Waals surface area (Å²) in [6, 6.07) is 25.2. The first-order valence-electron chi connectivity index (χ1n) is 20.1. The van der Waals surface area contributed by atoms with Crippen molar-refractivity contribution in [2.75, 3.05) is 20.3 Å². The van der Waals surface area contributed by atoms with Gasteiger partial charge >= 0.3 is 9.05 Å². The van der Waals surface area contributed by atoms with Crippen LogP contribution in [0.4, 0.5) is 8.78 Å². The lowest BCUT2D eigenvalue weighted by Gasteiger charge is -2.41. The Kier molecular flexibility index (Phi) is 10.9. The van der Waals surface area contributed by atoms with Crippen LogP contribution in [-0.2, 0) is 28.7 Å². The molecule has 312 valence electrons. The second kappa shape index (κ2) is 15.2. The molecule has 0 spiro atoms. The normalized spacial score (nSPS) is 17.3. The lowest BCUT2D eigenvalue weighted by molar-refractivity contribution is -0.135. The van der Waals surface area contributed by atoms with Gasteiger partial charge in [-0.3, -0.25) is 0 Å². The van der Waals surface area contributed by atoms with Crippen molar-refractivity contribution in [2.24, 2.45) is 0 Å². The molecule has 5 aromatic carbocycles. The van der Waals surface area contributed by atoms with Gasteiger partial charge in [-0.05, 0) is 145 Å². The molecule has 5 aromatic rings. The summed E-state index contributed by atoms with van der Waals surface area (Å²) in [5, 5.41) is 1.47. The third kappa shape index (κ3) is 8.56. The van der Waals surface area contributed by atoms with E-state index in [0.717, 1.165) is 44.3 Å². The number of hydrogen-bond donors (Lipinski definition) is 0. The molecule has 10 heteroatoms. The number of rotatable bonds is 11. The highest BCUT2D eigenvalue weighted by Crippen LogP contribution is 2.58. The smallest absolute Gasteiger partial charge is 0.497 e. The average Bonchev–Trinajstić information content (AvgIpc) is 3.37. The van der Waals surface area contributed by atoms with Gasteiger partial charge in [0, 0.05) is 27.5 Å². The Morgan fingerprint density at radius 1 is 0.644 bits per heavy atom. The number of hydrogen-bond acceptors (Lipinski definition) is 7. The molecule has 0 fully saturated rings. The summed E-state index contributed by atoms with van der Waals surface area (Å²) in [6.45, 7) is 22.1. The minimum Gasteiger partial charge on any atom is -0.497 e. The highest BCUT2D eigenvalue weighted by Gasteiger charge is 2.54. The number of benzene rings is 5. The van der Waals surface area contributed by atoms with Crippen molar-refractivity contribution in [1.82, 2.24) is 0 Å². The Hall–Kier alpha value is -4.58. The molecule has 0 aromatic heterocycles. The molecule has 1 aliphatic carbocycles. The molecule has 0 amide bonds. The van der Waals surface area contributed by atoms with Gasteiger partial charge in [0.2, 0.25) is 0 Å². The van der Waals surface area contributed by atoms with Crippen molar-refractivity contribution in [1.29, 1.82) is 0 Å². The van der Waals surface area contributed by atoms with Crippen molar-refractivity contribution in [3.63, 3.8) is 0 Å². The van der Waals surface area contributed by atoms with Crippen LogP contribution in [0, 0.1) is 11.6 Å². The summed E-state index contributed by atoms with van der Waals surface area (Å²) in [6.07, 6.45) is 4.13. The van der Waals surface area contributed by atoms with E-state index in [2.05, 4.69) is 26.0 Å². The molecule has 0 bridgehead atoms. The van der Waals surface area contributed by atoms with E-state index in [1.54, 1.807) is 19.2 Å². The third-order valence-corrected chi connectivity index (χ3v) is 13.4. The Balaban J connectivity index is 1.24. The maximum absolute atomic E-state index is 15.3. The predicted octanol–water partition coefficient (Wildman–Crippen LogP) is 12.1. The van der Waals surface area contributed by atoms with Crippen molar-refractivity contribution < 1.29 is 40.7 Å². The number of fused-ring (bicyclic) bond motifs is 8. The highest BCUT2D eigenvalue weighted by molar-refractivity contribution is 6.54. The summed E-state index contributed by atoms with van der Waals surface area (Å²) in [5.41, 5.74) is 2.85. The van der Waals surface area contributed by atoms with Crippen molar-refractivity contribution in [2.45, 2.75) is 104 Å². The number of ether oxygens (including phenoxy) is 3. The molecule has 2 aliphatic rings. The molecule has 0 N–H and O–H groups in total. The van der Waals surface area contributed by atoms with E-state index >= 15 is 4.39 Å². The lowest BCUT2D eigenvalue weighted by Crippen LogP contribution is -2.59. The first kappa shape index (κ1) is 42.5. The summed E-state index contributed by atoms with van der Waals surface area (Å²) < 4.78 is 74.8. The second-order valence-electron chi connectivity index (χ2n) is 18.8. The van der Waals surface area contributed by atoms with Crippen LogP contribution in [0.25, 0.3) is 28.0 Å². The maximum atomic E-state index is 15.3. The molecule has 1 aliphatic heterocycles. The molecule has 1 unspecified atom stereocenters. The van der Waals surface area contributed by atoms with Crippen LogP contribution in [-0.4, -0.2) is 46.2 Å². The summed E-state index contributed by atoms with van der Waals surface area (Å²) in [7, 11) is -2.04. The van der Waals surface area contributed by atoms with E-state index in [4.69, 9.17) is 31.9 Å². The van der Waals surface area contributed by atoms with Crippen LogP contribution in [0.1, 0.15) is 104 Å². The lowest BCUT2D eigenvalue weighted by atomic mass is 9.77. The molecule has 1 atom stereocenters. The Labute approximate surface area is 348 Å². The Morgan fingerprint density at radius 3 is 1.75 bits per heavy atom. The first-order valence-corrected chi connectivity index (χ1v) is 21.8. The quantitative estimate of drug-likeness (QED) is 0.0971. The van der Waals surface area contributed by atoms with Gasteiger partial charge in [-0.25, -0.2) is 8.78 Å². The van der Waals surface area contributed by atoms with Crippen molar-refractivity contribution in [3.8, 4) is 28.4 Å². The van der Waals surface area contributed by atoms with Gasteiger partial charge in [-0.2, -0.15) is 0 Å². The topological polar surface area (TPSA) is 64.6 Å². The first-order chi connectivity index (χ1) is 27.5. The molecule has 0 saturated heterocycles. The van der Waals surface area contributed by atoms with Gasteiger partial charge < -0.3 is 31.9 Å². The fourth-order valence-corrected chi connectivity index (χ4v) is 11.0.